The van der Waals surface area contributed by atoms with Crippen molar-refractivity contribution in [2.24, 2.45) is 0 Å². The standard InChI is InChI=1S/C22H20N2O6S/c1-16-12-13-18(14-21(16)24(26)27)31(28,29)23(15-22(25)30-2)20-11-7-6-10-19(20)17-8-4-3-5-9-17/h3-14H,15H2,1-2H3. The minimum atomic E-state index is -4.33. The second kappa shape index (κ2) is 8.97. The number of hydrogen-bond acceptors (Lipinski definition) is 6. The summed E-state index contributed by atoms with van der Waals surface area (Å²) in [6.07, 6.45) is 0. The van der Waals surface area contributed by atoms with Crippen molar-refractivity contribution in [3.05, 3.63) is 88.5 Å². The molecule has 3 rings (SSSR count). The SMILES string of the molecule is COC(=O)CN(c1ccccc1-c1ccccc1)S(=O)(=O)c1ccc(C)c([N+](=O)[O-])c1. The van der Waals surface area contributed by atoms with Gasteiger partial charge in [-0.2, -0.15) is 0 Å². The van der Waals surface area contributed by atoms with E-state index in [0.29, 0.717) is 11.1 Å². The van der Waals surface area contributed by atoms with Crippen LogP contribution in [-0.2, 0) is 19.6 Å². The fraction of sp³-hybridized carbons (Fsp3) is 0.136. The Morgan fingerprint density at radius 1 is 1.03 bits per heavy atom. The zero-order chi connectivity index (χ0) is 22.6. The lowest BCUT2D eigenvalue weighted by atomic mass is 10.0. The van der Waals surface area contributed by atoms with Crippen LogP contribution in [0, 0.1) is 17.0 Å². The van der Waals surface area contributed by atoms with Crippen molar-refractivity contribution in [1.82, 2.24) is 0 Å². The lowest BCUT2D eigenvalue weighted by Gasteiger charge is -2.26. The van der Waals surface area contributed by atoms with Crippen LogP contribution in [0.25, 0.3) is 11.1 Å². The van der Waals surface area contributed by atoms with Crippen molar-refractivity contribution in [3.63, 3.8) is 0 Å². The first kappa shape index (κ1) is 22.0. The fourth-order valence-corrected chi connectivity index (χ4v) is 4.56. The fourth-order valence-electron chi connectivity index (χ4n) is 3.11. The number of methoxy groups -OCH3 is 1. The number of carbonyl (C=O) groups excluding carboxylic acids is 1. The van der Waals surface area contributed by atoms with Crippen molar-refractivity contribution < 1.29 is 22.9 Å². The first-order valence-electron chi connectivity index (χ1n) is 9.24. The molecule has 3 aromatic rings. The van der Waals surface area contributed by atoms with Crippen LogP contribution >= 0.6 is 0 Å². The van der Waals surface area contributed by atoms with E-state index < -0.39 is 27.5 Å². The highest BCUT2D eigenvalue weighted by molar-refractivity contribution is 7.92. The van der Waals surface area contributed by atoms with Crippen LogP contribution < -0.4 is 4.31 Å². The first-order chi connectivity index (χ1) is 14.8. The van der Waals surface area contributed by atoms with Crippen LogP contribution in [0.1, 0.15) is 5.56 Å². The zero-order valence-electron chi connectivity index (χ0n) is 16.9. The summed E-state index contributed by atoms with van der Waals surface area (Å²) in [6.45, 7) is 0.926. The smallest absolute Gasteiger partial charge is 0.326 e. The molecule has 0 unspecified atom stereocenters. The molecule has 160 valence electrons. The van der Waals surface area contributed by atoms with E-state index in [2.05, 4.69) is 0 Å². The molecule has 0 spiro atoms. The Hall–Kier alpha value is -3.72. The lowest BCUT2D eigenvalue weighted by Crippen LogP contribution is -2.36. The molecule has 0 atom stereocenters. The molecule has 0 aliphatic carbocycles. The molecule has 0 heterocycles. The summed E-state index contributed by atoms with van der Waals surface area (Å²) >= 11 is 0. The Kier molecular flexibility index (Phi) is 6.36. The van der Waals surface area contributed by atoms with E-state index in [9.17, 15) is 23.3 Å². The Bertz CT molecular complexity index is 1230. The number of anilines is 1. The van der Waals surface area contributed by atoms with Gasteiger partial charge in [0.25, 0.3) is 15.7 Å². The number of nitrogens with zero attached hydrogens (tertiary/aromatic N) is 2. The quantitative estimate of drug-likeness (QED) is 0.313. The van der Waals surface area contributed by atoms with Gasteiger partial charge in [0.2, 0.25) is 0 Å². The van der Waals surface area contributed by atoms with Gasteiger partial charge in [-0.15, -0.1) is 0 Å². The Balaban J connectivity index is 2.21. The van der Waals surface area contributed by atoms with E-state index in [1.165, 1.54) is 19.1 Å². The van der Waals surface area contributed by atoms with Gasteiger partial charge in [-0.3, -0.25) is 19.2 Å². The van der Waals surface area contributed by atoms with Crippen molar-refractivity contribution in [2.75, 3.05) is 18.0 Å². The van der Waals surface area contributed by atoms with Gasteiger partial charge in [0.1, 0.15) is 6.54 Å². The van der Waals surface area contributed by atoms with E-state index in [0.717, 1.165) is 23.0 Å². The molecule has 0 bridgehead atoms. The molecule has 0 radical (unpaired) electrons. The van der Waals surface area contributed by atoms with Crippen LogP contribution in [0.5, 0.6) is 0 Å². The van der Waals surface area contributed by atoms with Gasteiger partial charge in [-0.05, 0) is 24.6 Å². The van der Waals surface area contributed by atoms with Crippen LogP contribution in [0.4, 0.5) is 11.4 Å². The maximum atomic E-state index is 13.5. The van der Waals surface area contributed by atoms with E-state index in [1.54, 1.807) is 24.3 Å². The monoisotopic (exact) mass is 440 g/mol. The van der Waals surface area contributed by atoms with Crippen molar-refractivity contribution >= 4 is 27.4 Å². The van der Waals surface area contributed by atoms with E-state index in [1.807, 2.05) is 30.3 Å². The minimum Gasteiger partial charge on any atom is -0.468 e. The molecule has 8 nitrogen and oxygen atoms in total. The highest BCUT2D eigenvalue weighted by Gasteiger charge is 2.31. The summed E-state index contributed by atoms with van der Waals surface area (Å²) in [6, 6.07) is 19.5. The number of rotatable bonds is 7. The predicted molar refractivity (Wildman–Crippen MR) is 116 cm³/mol. The summed E-state index contributed by atoms with van der Waals surface area (Å²) in [7, 11) is -3.17. The van der Waals surface area contributed by atoms with Crippen molar-refractivity contribution in [1.29, 1.82) is 0 Å². The number of carbonyl (C=O) groups is 1. The normalized spacial score (nSPS) is 11.0. The van der Waals surface area contributed by atoms with Gasteiger partial charge in [0, 0.05) is 17.2 Å². The van der Waals surface area contributed by atoms with Crippen LogP contribution in [0.3, 0.4) is 0 Å². The number of nitro groups is 1. The third-order valence-electron chi connectivity index (χ3n) is 4.72. The number of esters is 1. The predicted octanol–water partition coefficient (Wildman–Crippen LogP) is 3.94. The minimum absolute atomic E-state index is 0.252. The molecule has 0 aliphatic rings. The maximum absolute atomic E-state index is 13.5. The van der Waals surface area contributed by atoms with Crippen LogP contribution in [0.15, 0.2) is 77.7 Å². The topological polar surface area (TPSA) is 107 Å². The van der Waals surface area contributed by atoms with Crippen LogP contribution in [-0.4, -0.2) is 33.0 Å². The third kappa shape index (κ3) is 4.56. The molecule has 0 saturated carbocycles. The summed E-state index contributed by atoms with van der Waals surface area (Å²) in [5, 5.41) is 11.3. The summed E-state index contributed by atoms with van der Waals surface area (Å²) in [5.74, 6) is -0.770. The van der Waals surface area contributed by atoms with Gasteiger partial charge >= 0.3 is 5.97 Å². The maximum Gasteiger partial charge on any atom is 0.326 e. The molecule has 31 heavy (non-hydrogen) atoms. The Labute approximate surface area is 179 Å². The number of para-hydroxylation sites is 1. The van der Waals surface area contributed by atoms with Crippen LogP contribution in [0.2, 0.25) is 0 Å². The average Bonchev–Trinajstić information content (AvgIpc) is 2.77. The van der Waals surface area contributed by atoms with E-state index in [-0.39, 0.29) is 16.3 Å². The van der Waals surface area contributed by atoms with Gasteiger partial charge in [0.05, 0.1) is 22.6 Å². The van der Waals surface area contributed by atoms with E-state index in [4.69, 9.17) is 4.74 Å². The van der Waals surface area contributed by atoms with Gasteiger partial charge in [-0.25, -0.2) is 8.42 Å². The average molecular weight is 440 g/mol. The highest BCUT2D eigenvalue weighted by Crippen LogP contribution is 2.35. The number of benzene rings is 3. The van der Waals surface area contributed by atoms with Gasteiger partial charge in [-0.1, -0.05) is 54.6 Å². The number of hydrogen-bond donors (Lipinski definition) is 0. The Morgan fingerprint density at radius 3 is 2.32 bits per heavy atom. The largest absolute Gasteiger partial charge is 0.468 e. The molecule has 0 amide bonds. The molecule has 0 saturated heterocycles. The molecule has 3 aromatic carbocycles. The number of nitro benzene ring substituents is 1. The summed E-state index contributed by atoms with van der Waals surface area (Å²) < 4.78 is 32.7. The zero-order valence-corrected chi connectivity index (χ0v) is 17.7. The second-order valence-electron chi connectivity index (χ2n) is 6.68. The molecule has 0 aromatic heterocycles. The molecular weight excluding hydrogens is 420 g/mol. The molecule has 0 fully saturated rings. The third-order valence-corrected chi connectivity index (χ3v) is 6.48. The summed E-state index contributed by atoms with van der Waals surface area (Å²) in [4.78, 5) is 22.5. The van der Waals surface area contributed by atoms with Crippen molar-refractivity contribution in [2.45, 2.75) is 11.8 Å². The second-order valence-corrected chi connectivity index (χ2v) is 8.54. The van der Waals surface area contributed by atoms with Crippen molar-refractivity contribution in [3.8, 4) is 11.1 Å². The first-order valence-corrected chi connectivity index (χ1v) is 10.7. The lowest BCUT2D eigenvalue weighted by molar-refractivity contribution is -0.385. The van der Waals surface area contributed by atoms with Gasteiger partial charge < -0.3 is 4.74 Å². The molecule has 0 aliphatic heterocycles. The number of ether oxygens (including phenoxy) is 1. The molecule has 0 N–H and O–H groups in total. The number of sulfonamides is 1. The molecular formula is C22H20N2O6S. The van der Waals surface area contributed by atoms with Gasteiger partial charge in [0.15, 0.2) is 0 Å². The van der Waals surface area contributed by atoms with E-state index >= 15 is 0 Å². The highest BCUT2D eigenvalue weighted by atomic mass is 32.2. The summed E-state index contributed by atoms with van der Waals surface area (Å²) in [5.41, 5.74) is 1.58. The molecule has 9 heteroatoms. The Morgan fingerprint density at radius 2 is 1.68 bits per heavy atom. The number of aryl methyl sites for hydroxylation is 1.